The number of rotatable bonds is 3. The molecule has 0 unspecified atom stereocenters. The van der Waals surface area contributed by atoms with E-state index in [1.165, 1.54) is 16.7 Å². The van der Waals surface area contributed by atoms with Crippen LogP contribution in [0.25, 0.3) is 44.7 Å². The van der Waals surface area contributed by atoms with Gasteiger partial charge in [0.1, 0.15) is 11.3 Å². The van der Waals surface area contributed by atoms with Gasteiger partial charge in [-0.1, -0.05) is 93.6 Å². The zero-order valence-corrected chi connectivity index (χ0v) is 18.1. The first-order chi connectivity index (χ1) is 15.0. The van der Waals surface area contributed by atoms with Gasteiger partial charge in [-0.05, 0) is 34.2 Å². The van der Waals surface area contributed by atoms with Crippen LogP contribution < -0.4 is 0 Å². The van der Waals surface area contributed by atoms with E-state index < -0.39 is 0 Å². The summed E-state index contributed by atoms with van der Waals surface area (Å²) < 4.78 is 6.22. The van der Waals surface area contributed by atoms with Crippen LogP contribution in [0.4, 0.5) is 0 Å². The predicted molar refractivity (Wildman–Crippen MR) is 129 cm³/mol. The summed E-state index contributed by atoms with van der Waals surface area (Å²) in [6.45, 7) is 6.68. The monoisotopic (exact) mass is 403 g/mol. The molecule has 0 N–H and O–H groups in total. The Hall–Kier alpha value is -3.65. The van der Waals surface area contributed by atoms with Crippen LogP contribution in [-0.2, 0) is 5.41 Å². The summed E-state index contributed by atoms with van der Waals surface area (Å²) in [5.41, 5.74) is 7.75. The fourth-order valence-corrected chi connectivity index (χ4v) is 3.86. The molecule has 2 aromatic heterocycles. The van der Waals surface area contributed by atoms with Gasteiger partial charge in [-0.3, -0.25) is 4.98 Å². The number of benzene rings is 3. The van der Waals surface area contributed by atoms with Crippen LogP contribution in [-0.4, -0.2) is 4.98 Å². The molecule has 2 heterocycles. The quantitative estimate of drug-likeness (QED) is 0.304. The van der Waals surface area contributed by atoms with Crippen molar-refractivity contribution in [3.8, 4) is 33.7 Å². The molecule has 3 aromatic carbocycles. The largest absolute Gasteiger partial charge is 0.456 e. The van der Waals surface area contributed by atoms with E-state index in [-0.39, 0.29) is 5.41 Å². The molecule has 0 aliphatic heterocycles. The maximum Gasteiger partial charge on any atom is 0.138 e. The third-order valence-corrected chi connectivity index (χ3v) is 5.70. The normalized spacial score (nSPS) is 11.7. The number of hydrogen-bond donors (Lipinski definition) is 0. The van der Waals surface area contributed by atoms with Gasteiger partial charge in [0.25, 0.3) is 0 Å². The SMILES string of the molecule is CC(C)(C)c1ccc(-c2cc3cnc(-c4cccc(-c5ccccc5)c4)cc3o2)cc1. The maximum atomic E-state index is 6.22. The van der Waals surface area contributed by atoms with E-state index in [0.29, 0.717) is 0 Å². The fourth-order valence-electron chi connectivity index (χ4n) is 3.86. The highest BCUT2D eigenvalue weighted by Gasteiger charge is 2.14. The highest BCUT2D eigenvalue weighted by Crippen LogP contribution is 2.32. The average molecular weight is 404 g/mol. The molecule has 0 atom stereocenters. The minimum Gasteiger partial charge on any atom is -0.456 e. The van der Waals surface area contributed by atoms with Crippen LogP contribution in [0.3, 0.4) is 0 Å². The van der Waals surface area contributed by atoms with Gasteiger partial charge < -0.3 is 4.42 Å². The topological polar surface area (TPSA) is 26.0 Å². The number of nitrogens with zero attached hydrogens (tertiary/aromatic N) is 1. The van der Waals surface area contributed by atoms with E-state index in [1.807, 2.05) is 18.3 Å². The van der Waals surface area contributed by atoms with Gasteiger partial charge in [0.15, 0.2) is 0 Å². The molecule has 0 saturated heterocycles. The lowest BCUT2D eigenvalue weighted by Gasteiger charge is -2.18. The highest BCUT2D eigenvalue weighted by atomic mass is 16.3. The summed E-state index contributed by atoms with van der Waals surface area (Å²) in [4.78, 5) is 4.71. The molecule has 0 saturated carbocycles. The molecule has 152 valence electrons. The smallest absolute Gasteiger partial charge is 0.138 e. The molecule has 5 aromatic rings. The Morgan fingerprint density at radius 1 is 0.645 bits per heavy atom. The van der Waals surface area contributed by atoms with Gasteiger partial charge >= 0.3 is 0 Å². The van der Waals surface area contributed by atoms with Gasteiger partial charge in [0.05, 0.1) is 5.69 Å². The van der Waals surface area contributed by atoms with E-state index in [1.54, 1.807) is 0 Å². The molecule has 31 heavy (non-hydrogen) atoms. The molecule has 0 amide bonds. The first kappa shape index (κ1) is 19.3. The lowest BCUT2D eigenvalue weighted by Crippen LogP contribution is -2.10. The molecule has 5 rings (SSSR count). The summed E-state index contributed by atoms with van der Waals surface area (Å²) >= 11 is 0. The Morgan fingerprint density at radius 2 is 1.35 bits per heavy atom. The molecule has 0 fully saturated rings. The molecule has 0 bridgehead atoms. The van der Waals surface area contributed by atoms with Gasteiger partial charge in [-0.25, -0.2) is 0 Å². The summed E-state index contributed by atoms with van der Waals surface area (Å²) in [6, 6.07) is 31.6. The van der Waals surface area contributed by atoms with Crippen LogP contribution in [0.1, 0.15) is 26.3 Å². The predicted octanol–water partition coefficient (Wildman–Crippen LogP) is 8.13. The van der Waals surface area contributed by atoms with Gasteiger partial charge in [-0.2, -0.15) is 0 Å². The Bertz CT molecular complexity index is 1340. The third-order valence-electron chi connectivity index (χ3n) is 5.70. The molecule has 0 aliphatic rings. The number of aromatic nitrogens is 1. The lowest BCUT2D eigenvalue weighted by atomic mass is 9.86. The molecular weight excluding hydrogens is 378 g/mol. The van der Waals surface area contributed by atoms with E-state index >= 15 is 0 Å². The summed E-state index contributed by atoms with van der Waals surface area (Å²) in [5, 5.41) is 1.01. The zero-order valence-electron chi connectivity index (χ0n) is 18.1. The maximum absolute atomic E-state index is 6.22. The van der Waals surface area contributed by atoms with Crippen molar-refractivity contribution >= 4 is 11.0 Å². The van der Waals surface area contributed by atoms with E-state index in [2.05, 4.69) is 99.6 Å². The van der Waals surface area contributed by atoms with Crippen LogP contribution in [0.15, 0.2) is 102 Å². The zero-order chi connectivity index (χ0) is 21.4. The van der Waals surface area contributed by atoms with E-state index in [0.717, 1.165) is 33.6 Å². The second-order valence-corrected chi connectivity index (χ2v) is 8.99. The molecule has 0 radical (unpaired) electrons. The minimum atomic E-state index is 0.138. The van der Waals surface area contributed by atoms with Crippen molar-refractivity contribution in [1.82, 2.24) is 4.98 Å². The Kier molecular flexibility index (Phi) is 4.71. The molecule has 0 spiro atoms. The van der Waals surface area contributed by atoms with Gasteiger partial charge in [-0.15, -0.1) is 0 Å². The standard InChI is InChI=1S/C29H25NO/c1-29(2,3)25-14-12-21(13-15-25)27-17-24-19-30-26(18-28(24)31-27)23-11-7-10-22(16-23)20-8-5-4-6-9-20/h4-19H,1-3H3. The summed E-state index contributed by atoms with van der Waals surface area (Å²) in [7, 11) is 0. The number of pyridine rings is 1. The molecule has 2 nitrogen and oxygen atoms in total. The number of hydrogen-bond acceptors (Lipinski definition) is 2. The highest BCUT2D eigenvalue weighted by molar-refractivity contribution is 5.85. The van der Waals surface area contributed by atoms with Crippen LogP contribution in [0, 0.1) is 0 Å². The first-order valence-corrected chi connectivity index (χ1v) is 10.6. The second-order valence-electron chi connectivity index (χ2n) is 8.99. The van der Waals surface area contributed by atoms with Gasteiger partial charge in [0.2, 0.25) is 0 Å². The van der Waals surface area contributed by atoms with Crippen molar-refractivity contribution in [2.45, 2.75) is 26.2 Å². The van der Waals surface area contributed by atoms with Crippen molar-refractivity contribution < 1.29 is 4.42 Å². The molecule has 2 heteroatoms. The molecular formula is C29H25NO. The van der Waals surface area contributed by atoms with Crippen LogP contribution >= 0.6 is 0 Å². The van der Waals surface area contributed by atoms with E-state index in [4.69, 9.17) is 9.40 Å². The van der Waals surface area contributed by atoms with Gasteiger partial charge in [0, 0.05) is 28.8 Å². The van der Waals surface area contributed by atoms with Crippen molar-refractivity contribution in [2.24, 2.45) is 0 Å². The van der Waals surface area contributed by atoms with Crippen LogP contribution in [0.2, 0.25) is 0 Å². The molecule has 0 aliphatic carbocycles. The fraction of sp³-hybridized carbons (Fsp3) is 0.138. The van der Waals surface area contributed by atoms with E-state index in [9.17, 15) is 0 Å². The number of furan rings is 1. The van der Waals surface area contributed by atoms with Crippen molar-refractivity contribution in [1.29, 1.82) is 0 Å². The Labute approximate surface area is 183 Å². The summed E-state index contributed by atoms with van der Waals surface area (Å²) in [6.07, 6.45) is 1.90. The summed E-state index contributed by atoms with van der Waals surface area (Å²) in [5.74, 6) is 0.868. The Balaban J connectivity index is 1.49. The number of fused-ring (bicyclic) bond motifs is 1. The first-order valence-electron chi connectivity index (χ1n) is 10.6. The average Bonchev–Trinajstić information content (AvgIpc) is 3.23. The van der Waals surface area contributed by atoms with Crippen molar-refractivity contribution in [3.05, 3.63) is 103 Å². The lowest BCUT2D eigenvalue weighted by molar-refractivity contribution is 0.590. The third kappa shape index (κ3) is 3.89. The minimum absolute atomic E-state index is 0.138. The van der Waals surface area contributed by atoms with Crippen molar-refractivity contribution in [3.63, 3.8) is 0 Å². The van der Waals surface area contributed by atoms with Crippen molar-refractivity contribution in [2.75, 3.05) is 0 Å². The van der Waals surface area contributed by atoms with Crippen LogP contribution in [0.5, 0.6) is 0 Å². The second kappa shape index (κ2) is 7.55. The Morgan fingerprint density at radius 3 is 2.10 bits per heavy atom.